The molecule has 0 heterocycles. The number of nitrogens with one attached hydrogen (secondary N) is 2. The molecule has 0 spiro atoms. The van der Waals surface area contributed by atoms with E-state index in [2.05, 4.69) is 16.0 Å². The van der Waals surface area contributed by atoms with E-state index in [9.17, 15) is 13.2 Å². The van der Waals surface area contributed by atoms with E-state index in [1.165, 1.54) is 24.3 Å². The smallest absolute Gasteiger partial charge is 0.261 e. The molecule has 5 nitrogen and oxygen atoms in total. The Balaban J connectivity index is 2.20. The molecular formula is C17H16N2O3S. The van der Waals surface area contributed by atoms with Crippen molar-refractivity contribution in [2.45, 2.75) is 11.8 Å². The van der Waals surface area contributed by atoms with Crippen LogP contribution in [0.2, 0.25) is 0 Å². The number of hydrogen-bond donors (Lipinski definition) is 2. The zero-order valence-electron chi connectivity index (χ0n) is 12.5. The Morgan fingerprint density at radius 3 is 2.39 bits per heavy atom. The van der Waals surface area contributed by atoms with E-state index < -0.39 is 10.0 Å². The van der Waals surface area contributed by atoms with E-state index in [0.29, 0.717) is 11.3 Å². The number of rotatable bonds is 5. The number of sulfonamides is 1. The summed E-state index contributed by atoms with van der Waals surface area (Å²) >= 11 is 0. The van der Waals surface area contributed by atoms with Gasteiger partial charge in [-0.1, -0.05) is 24.1 Å². The number of anilines is 1. The van der Waals surface area contributed by atoms with Crippen molar-refractivity contribution in [3.8, 4) is 12.3 Å². The van der Waals surface area contributed by atoms with Gasteiger partial charge >= 0.3 is 0 Å². The van der Waals surface area contributed by atoms with Gasteiger partial charge in [0.2, 0.25) is 0 Å². The lowest BCUT2D eigenvalue weighted by atomic mass is 10.2. The average Bonchev–Trinajstić information content (AvgIpc) is 2.55. The van der Waals surface area contributed by atoms with Gasteiger partial charge in [-0.3, -0.25) is 9.52 Å². The Morgan fingerprint density at radius 1 is 1.13 bits per heavy atom. The van der Waals surface area contributed by atoms with Gasteiger partial charge in [-0.15, -0.1) is 6.42 Å². The van der Waals surface area contributed by atoms with Crippen LogP contribution in [0.3, 0.4) is 0 Å². The van der Waals surface area contributed by atoms with Gasteiger partial charge in [-0.05, 0) is 42.8 Å². The third-order valence-corrected chi connectivity index (χ3v) is 4.55. The van der Waals surface area contributed by atoms with Crippen LogP contribution >= 0.6 is 0 Å². The number of aryl methyl sites for hydroxylation is 1. The third-order valence-electron chi connectivity index (χ3n) is 3.17. The summed E-state index contributed by atoms with van der Waals surface area (Å²) < 4.78 is 27.3. The lowest BCUT2D eigenvalue weighted by Gasteiger charge is -2.10. The number of terminal acetylenes is 1. The van der Waals surface area contributed by atoms with E-state index in [0.717, 1.165) is 5.56 Å². The molecule has 0 atom stereocenters. The van der Waals surface area contributed by atoms with E-state index >= 15 is 0 Å². The zero-order valence-corrected chi connectivity index (χ0v) is 13.4. The molecule has 2 aromatic carbocycles. The Hall–Kier alpha value is -2.78. The number of carbonyl (C=O) groups excluding carboxylic acids is 1. The quantitative estimate of drug-likeness (QED) is 0.826. The minimum Gasteiger partial charge on any atom is -0.341 e. The molecule has 118 valence electrons. The van der Waals surface area contributed by atoms with Crippen molar-refractivity contribution in [1.82, 2.24) is 5.32 Å². The summed E-state index contributed by atoms with van der Waals surface area (Å²) in [7, 11) is -3.71. The number of para-hydroxylation sites is 1. The minimum absolute atomic E-state index is 0.0780. The minimum atomic E-state index is -3.71. The molecule has 0 bridgehead atoms. The third kappa shape index (κ3) is 4.11. The molecule has 0 radical (unpaired) electrons. The molecule has 1 amide bonds. The molecule has 0 aliphatic carbocycles. The van der Waals surface area contributed by atoms with E-state index in [1.807, 2.05) is 19.1 Å². The fourth-order valence-corrected chi connectivity index (χ4v) is 3.04. The van der Waals surface area contributed by atoms with Crippen molar-refractivity contribution in [2.75, 3.05) is 11.3 Å². The Labute approximate surface area is 135 Å². The number of carbonyl (C=O) groups is 1. The molecule has 0 saturated heterocycles. The fraction of sp³-hybridized carbons (Fsp3) is 0.118. The van der Waals surface area contributed by atoms with Crippen LogP contribution in [0.1, 0.15) is 15.9 Å². The molecule has 0 unspecified atom stereocenters. The maximum Gasteiger partial charge on any atom is 0.261 e. The first-order valence-electron chi connectivity index (χ1n) is 6.84. The summed E-state index contributed by atoms with van der Waals surface area (Å²) in [6.45, 7) is 1.94. The number of amides is 1. The van der Waals surface area contributed by atoms with Gasteiger partial charge in [0.1, 0.15) is 0 Å². The topological polar surface area (TPSA) is 75.3 Å². The van der Waals surface area contributed by atoms with Crippen LogP contribution in [0.25, 0.3) is 0 Å². The molecule has 0 aromatic heterocycles. The second-order valence-corrected chi connectivity index (χ2v) is 6.51. The number of benzene rings is 2. The second kappa shape index (κ2) is 6.99. The summed E-state index contributed by atoms with van der Waals surface area (Å²) in [5.41, 5.74) is 1.68. The molecule has 0 aliphatic rings. The van der Waals surface area contributed by atoms with Crippen LogP contribution in [-0.4, -0.2) is 20.9 Å². The molecule has 0 aliphatic heterocycles. The predicted molar refractivity (Wildman–Crippen MR) is 89.6 cm³/mol. The van der Waals surface area contributed by atoms with Crippen molar-refractivity contribution in [3.63, 3.8) is 0 Å². The maximum atomic E-state index is 12.4. The Morgan fingerprint density at radius 2 is 1.78 bits per heavy atom. The summed E-state index contributed by atoms with van der Waals surface area (Å²) in [6.07, 6.45) is 5.07. The van der Waals surface area contributed by atoms with Crippen molar-refractivity contribution in [1.29, 1.82) is 0 Å². The van der Waals surface area contributed by atoms with E-state index in [1.54, 1.807) is 12.1 Å². The van der Waals surface area contributed by atoms with Gasteiger partial charge in [-0.2, -0.15) is 0 Å². The first-order chi connectivity index (χ1) is 10.9. The highest BCUT2D eigenvalue weighted by molar-refractivity contribution is 7.92. The summed E-state index contributed by atoms with van der Waals surface area (Å²) in [6, 6.07) is 12.7. The first-order valence-corrected chi connectivity index (χ1v) is 8.32. The van der Waals surface area contributed by atoms with Gasteiger partial charge in [0, 0.05) is 5.56 Å². The first kappa shape index (κ1) is 16.6. The lowest BCUT2D eigenvalue weighted by Crippen LogP contribution is -2.23. The summed E-state index contributed by atoms with van der Waals surface area (Å²) in [5, 5.41) is 2.51. The van der Waals surface area contributed by atoms with Gasteiger partial charge in [0.25, 0.3) is 15.9 Å². The van der Waals surface area contributed by atoms with Crippen LogP contribution in [0.4, 0.5) is 5.69 Å². The molecule has 2 rings (SSSR count). The molecular weight excluding hydrogens is 312 g/mol. The van der Waals surface area contributed by atoms with Crippen LogP contribution in [0, 0.1) is 19.3 Å². The van der Waals surface area contributed by atoms with Gasteiger partial charge in [0.15, 0.2) is 0 Å². The zero-order chi connectivity index (χ0) is 16.9. The average molecular weight is 328 g/mol. The standard InChI is InChI=1S/C17H16N2O3S/c1-3-12-18-17(20)14-8-10-15(11-9-14)23(21,22)19-16-7-5-4-6-13(16)2/h1,4-11,19H,12H2,2H3,(H,18,20). The normalized spacial score (nSPS) is 10.6. The monoisotopic (exact) mass is 328 g/mol. The fourth-order valence-electron chi connectivity index (χ4n) is 1.91. The Kier molecular flexibility index (Phi) is 5.04. The Bertz CT molecular complexity index is 850. The summed E-state index contributed by atoms with van der Waals surface area (Å²) in [5.74, 6) is 1.95. The number of hydrogen-bond acceptors (Lipinski definition) is 3. The van der Waals surface area contributed by atoms with E-state index in [4.69, 9.17) is 6.42 Å². The molecule has 0 fully saturated rings. The second-order valence-electron chi connectivity index (χ2n) is 4.83. The molecule has 2 N–H and O–H groups in total. The van der Waals surface area contributed by atoms with Crippen molar-refractivity contribution in [3.05, 3.63) is 59.7 Å². The van der Waals surface area contributed by atoms with Gasteiger partial charge < -0.3 is 5.32 Å². The van der Waals surface area contributed by atoms with Crippen LogP contribution < -0.4 is 10.0 Å². The van der Waals surface area contributed by atoms with Gasteiger partial charge in [-0.25, -0.2) is 8.42 Å². The largest absolute Gasteiger partial charge is 0.341 e. The summed E-state index contributed by atoms with van der Waals surface area (Å²) in [4.78, 5) is 11.8. The van der Waals surface area contributed by atoms with Crippen LogP contribution in [0.5, 0.6) is 0 Å². The van der Waals surface area contributed by atoms with Crippen molar-refractivity contribution < 1.29 is 13.2 Å². The SMILES string of the molecule is C#CCNC(=O)c1ccc(S(=O)(=O)Nc2ccccc2C)cc1. The molecule has 0 saturated carbocycles. The molecule has 23 heavy (non-hydrogen) atoms. The predicted octanol–water partition coefficient (Wildman–Crippen LogP) is 2.16. The molecule has 6 heteroatoms. The van der Waals surface area contributed by atoms with Crippen molar-refractivity contribution in [2.24, 2.45) is 0 Å². The lowest BCUT2D eigenvalue weighted by molar-refractivity contribution is 0.0958. The van der Waals surface area contributed by atoms with Gasteiger partial charge in [0.05, 0.1) is 17.1 Å². The van der Waals surface area contributed by atoms with Crippen LogP contribution in [-0.2, 0) is 10.0 Å². The van der Waals surface area contributed by atoms with Crippen LogP contribution in [0.15, 0.2) is 53.4 Å². The van der Waals surface area contributed by atoms with E-state index in [-0.39, 0.29) is 17.3 Å². The maximum absolute atomic E-state index is 12.4. The van der Waals surface area contributed by atoms with Crippen molar-refractivity contribution >= 4 is 21.6 Å². The highest BCUT2D eigenvalue weighted by Crippen LogP contribution is 2.19. The highest BCUT2D eigenvalue weighted by Gasteiger charge is 2.15. The highest BCUT2D eigenvalue weighted by atomic mass is 32.2. The molecule has 2 aromatic rings.